The van der Waals surface area contributed by atoms with Crippen molar-refractivity contribution in [2.24, 2.45) is 0 Å². The van der Waals surface area contributed by atoms with Gasteiger partial charge in [-0.2, -0.15) is 0 Å². The summed E-state index contributed by atoms with van der Waals surface area (Å²) < 4.78 is 14.1. The minimum Gasteiger partial charge on any atom is -0.378 e. The van der Waals surface area contributed by atoms with Crippen molar-refractivity contribution in [3.63, 3.8) is 0 Å². The van der Waals surface area contributed by atoms with Crippen molar-refractivity contribution in [2.45, 2.75) is 33.2 Å². The quantitative estimate of drug-likeness (QED) is 0.763. The number of hydrogen-bond donors (Lipinski definition) is 1. The first-order chi connectivity index (χ1) is 9.51. The molecule has 1 unspecified atom stereocenters. The Labute approximate surface area is 128 Å². The molecular formula is C17H19BrFN. The van der Waals surface area contributed by atoms with E-state index >= 15 is 0 Å². The number of halogens is 2. The van der Waals surface area contributed by atoms with Crippen LogP contribution >= 0.6 is 15.9 Å². The maximum Gasteiger partial charge on any atom is 0.139 e. The molecule has 1 atom stereocenters. The van der Waals surface area contributed by atoms with Crippen LogP contribution in [0.15, 0.2) is 40.9 Å². The third-order valence-electron chi connectivity index (χ3n) is 3.53. The molecule has 0 fully saturated rings. The summed E-state index contributed by atoms with van der Waals surface area (Å²) in [6, 6.07) is 12.0. The van der Waals surface area contributed by atoms with E-state index in [4.69, 9.17) is 0 Å². The van der Waals surface area contributed by atoms with Gasteiger partial charge in [-0.05, 0) is 65.0 Å². The van der Waals surface area contributed by atoms with Crippen LogP contribution in [-0.4, -0.2) is 0 Å². The predicted octanol–water partition coefficient (Wildman–Crippen LogP) is 5.63. The molecule has 1 nitrogen and oxygen atoms in total. The normalized spacial score (nSPS) is 12.2. The van der Waals surface area contributed by atoms with Crippen molar-refractivity contribution in [3.8, 4) is 0 Å². The van der Waals surface area contributed by atoms with E-state index in [-0.39, 0.29) is 11.9 Å². The van der Waals surface area contributed by atoms with Crippen LogP contribution in [0.1, 0.15) is 36.6 Å². The van der Waals surface area contributed by atoms with Crippen LogP contribution in [0, 0.1) is 12.7 Å². The molecule has 2 aromatic rings. The van der Waals surface area contributed by atoms with Gasteiger partial charge in [0, 0.05) is 11.7 Å². The molecule has 0 bridgehead atoms. The molecule has 0 saturated carbocycles. The molecule has 2 rings (SSSR count). The first-order valence-electron chi connectivity index (χ1n) is 6.82. The van der Waals surface area contributed by atoms with Crippen molar-refractivity contribution in [1.29, 1.82) is 0 Å². The molecule has 0 heterocycles. The molecule has 3 heteroatoms. The van der Waals surface area contributed by atoms with Crippen LogP contribution in [0.3, 0.4) is 0 Å². The van der Waals surface area contributed by atoms with Gasteiger partial charge >= 0.3 is 0 Å². The van der Waals surface area contributed by atoms with Gasteiger partial charge in [0.25, 0.3) is 0 Å². The van der Waals surface area contributed by atoms with Gasteiger partial charge in [-0.3, -0.25) is 0 Å². The highest BCUT2D eigenvalue weighted by atomic mass is 79.9. The van der Waals surface area contributed by atoms with E-state index < -0.39 is 0 Å². The molecule has 0 aliphatic heterocycles. The van der Waals surface area contributed by atoms with E-state index in [1.165, 1.54) is 17.2 Å². The van der Waals surface area contributed by atoms with Gasteiger partial charge in [0.15, 0.2) is 0 Å². The summed E-state index contributed by atoms with van der Waals surface area (Å²) >= 11 is 3.20. The summed E-state index contributed by atoms with van der Waals surface area (Å²) in [5.41, 5.74) is 4.38. The highest BCUT2D eigenvalue weighted by molar-refractivity contribution is 9.10. The summed E-state index contributed by atoms with van der Waals surface area (Å²) in [5.74, 6) is -0.244. The number of rotatable bonds is 4. The number of anilines is 1. The minimum absolute atomic E-state index is 0.139. The first-order valence-corrected chi connectivity index (χ1v) is 7.61. The van der Waals surface area contributed by atoms with E-state index in [2.05, 4.69) is 59.4 Å². The van der Waals surface area contributed by atoms with Crippen LogP contribution in [0.2, 0.25) is 0 Å². The average molecular weight is 336 g/mol. The van der Waals surface area contributed by atoms with Crippen molar-refractivity contribution < 1.29 is 4.39 Å². The fourth-order valence-electron chi connectivity index (χ4n) is 2.16. The molecule has 0 aliphatic rings. The fraction of sp³-hybridized carbons (Fsp3) is 0.294. The lowest BCUT2D eigenvalue weighted by molar-refractivity contribution is 0.620. The summed E-state index contributed by atoms with van der Waals surface area (Å²) in [6.07, 6.45) is 1.04. The largest absolute Gasteiger partial charge is 0.378 e. The first kappa shape index (κ1) is 15.0. The van der Waals surface area contributed by atoms with Gasteiger partial charge in [-0.1, -0.05) is 31.2 Å². The van der Waals surface area contributed by atoms with Crippen molar-refractivity contribution >= 4 is 21.6 Å². The topological polar surface area (TPSA) is 12.0 Å². The Morgan fingerprint density at radius 2 is 1.85 bits per heavy atom. The van der Waals surface area contributed by atoms with Crippen LogP contribution in [-0.2, 0) is 6.42 Å². The summed E-state index contributed by atoms with van der Waals surface area (Å²) in [5, 5.41) is 3.37. The zero-order chi connectivity index (χ0) is 14.7. The SMILES string of the molecule is CCc1ccc(C(C)Nc2cc(F)c(Br)cc2C)cc1. The maximum atomic E-state index is 13.6. The number of hydrogen-bond acceptors (Lipinski definition) is 1. The van der Waals surface area contributed by atoms with Gasteiger partial charge in [0.05, 0.1) is 4.47 Å². The lowest BCUT2D eigenvalue weighted by Gasteiger charge is -2.18. The molecule has 20 heavy (non-hydrogen) atoms. The van der Waals surface area contributed by atoms with Crippen LogP contribution in [0.4, 0.5) is 10.1 Å². The molecular weight excluding hydrogens is 317 g/mol. The van der Waals surface area contributed by atoms with Crippen LogP contribution in [0.25, 0.3) is 0 Å². The number of nitrogens with one attached hydrogen (secondary N) is 1. The molecule has 1 N–H and O–H groups in total. The Bertz CT molecular complexity index is 593. The summed E-state index contributed by atoms with van der Waals surface area (Å²) in [4.78, 5) is 0. The minimum atomic E-state index is -0.244. The maximum absolute atomic E-state index is 13.6. The summed E-state index contributed by atoms with van der Waals surface area (Å²) in [6.45, 7) is 6.20. The Hall–Kier alpha value is -1.35. The third-order valence-corrected chi connectivity index (χ3v) is 4.13. The van der Waals surface area contributed by atoms with Gasteiger partial charge < -0.3 is 5.32 Å². The van der Waals surface area contributed by atoms with Crippen LogP contribution < -0.4 is 5.32 Å². The molecule has 0 aromatic heterocycles. The molecule has 2 aromatic carbocycles. The van der Waals surface area contributed by atoms with Crippen molar-refractivity contribution in [2.75, 3.05) is 5.32 Å². The molecule has 0 spiro atoms. The Kier molecular flexibility index (Phi) is 4.81. The van der Waals surface area contributed by atoms with Gasteiger partial charge in [0.2, 0.25) is 0 Å². The number of benzene rings is 2. The third kappa shape index (κ3) is 3.40. The molecule has 0 radical (unpaired) electrons. The molecule has 106 valence electrons. The van der Waals surface area contributed by atoms with E-state index in [1.54, 1.807) is 6.07 Å². The summed E-state index contributed by atoms with van der Waals surface area (Å²) in [7, 11) is 0. The monoisotopic (exact) mass is 335 g/mol. The van der Waals surface area contributed by atoms with E-state index in [0.29, 0.717) is 4.47 Å². The van der Waals surface area contributed by atoms with E-state index in [9.17, 15) is 4.39 Å². The van der Waals surface area contributed by atoms with Gasteiger partial charge in [0.1, 0.15) is 5.82 Å². The fourth-order valence-corrected chi connectivity index (χ4v) is 2.62. The average Bonchev–Trinajstić information content (AvgIpc) is 2.44. The standard InChI is InChI=1S/C17H19BrFN/c1-4-13-5-7-14(8-6-13)12(3)20-17-10-16(19)15(18)9-11(17)2/h5-10,12,20H,4H2,1-3H3. The lowest BCUT2D eigenvalue weighted by Crippen LogP contribution is -2.08. The van der Waals surface area contributed by atoms with Crippen LogP contribution in [0.5, 0.6) is 0 Å². The zero-order valence-electron chi connectivity index (χ0n) is 12.0. The Balaban J connectivity index is 2.18. The zero-order valence-corrected chi connectivity index (χ0v) is 13.6. The second-order valence-electron chi connectivity index (χ2n) is 5.04. The molecule has 0 amide bonds. The molecule has 0 aliphatic carbocycles. The molecule has 0 saturated heterocycles. The van der Waals surface area contributed by atoms with Gasteiger partial charge in [-0.25, -0.2) is 4.39 Å². The van der Waals surface area contributed by atoms with Crippen molar-refractivity contribution in [3.05, 3.63) is 63.4 Å². The van der Waals surface area contributed by atoms with E-state index in [0.717, 1.165) is 17.7 Å². The Morgan fingerprint density at radius 3 is 2.45 bits per heavy atom. The number of aryl methyl sites for hydroxylation is 2. The predicted molar refractivity (Wildman–Crippen MR) is 86.7 cm³/mol. The second kappa shape index (κ2) is 6.40. The highest BCUT2D eigenvalue weighted by Crippen LogP contribution is 2.27. The van der Waals surface area contributed by atoms with Gasteiger partial charge in [-0.15, -0.1) is 0 Å². The Morgan fingerprint density at radius 1 is 1.20 bits per heavy atom. The second-order valence-corrected chi connectivity index (χ2v) is 5.90. The highest BCUT2D eigenvalue weighted by Gasteiger charge is 2.09. The smallest absolute Gasteiger partial charge is 0.139 e. The van der Waals surface area contributed by atoms with E-state index in [1.807, 2.05) is 6.92 Å². The van der Waals surface area contributed by atoms with Crippen molar-refractivity contribution in [1.82, 2.24) is 0 Å². The lowest BCUT2D eigenvalue weighted by atomic mass is 10.0.